The number of nitrogens with zero attached hydrogens (tertiary/aromatic N) is 1. The monoisotopic (exact) mass is 250 g/mol. The van der Waals surface area contributed by atoms with Crippen LogP contribution in [0.3, 0.4) is 0 Å². The van der Waals surface area contributed by atoms with Crippen LogP contribution in [0, 0.1) is 11.3 Å². The molecule has 1 aromatic rings. The van der Waals surface area contributed by atoms with Crippen molar-refractivity contribution >= 4 is 27.2 Å². The number of allylic oxidation sites excluding steroid dienone is 2. The second-order valence-electron chi connectivity index (χ2n) is 2.73. The van der Waals surface area contributed by atoms with E-state index in [1.54, 1.807) is 6.08 Å². The smallest absolute Gasteiger partial charge is 0.0995 e. The van der Waals surface area contributed by atoms with Gasteiger partial charge in [0.15, 0.2) is 0 Å². The lowest BCUT2D eigenvalue weighted by molar-refractivity contribution is 1.44. The minimum atomic E-state index is 0.668. The molecule has 0 aromatic heterocycles. The molecule has 0 saturated heterocycles. The van der Waals surface area contributed by atoms with Gasteiger partial charge in [0.05, 0.1) is 11.6 Å². The molecule has 1 aromatic carbocycles. The molecule has 0 fully saturated rings. The van der Waals surface area contributed by atoms with Crippen LogP contribution < -0.4 is 5.32 Å². The van der Waals surface area contributed by atoms with E-state index in [0.29, 0.717) is 5.57 Å². The number of nitriles is 1. The molecule has 2 nitrogen and oxygen atoms in total. The molecule has 1 rings (SSSR count). The van der Waals surface area contributed by atoms with Crippen LogP contribution in [0.15, 0.2) is 28.7 Å². The topological polar surface area (TPSA) is 35.8 Å². The van der Waals surface area contributed by atoms with Crippen molar-refractivity contribution < 1.29 is 0 Å². The molecule has 14 heavy (non-hydrogen) atoms. The van der Waals surface area contributed by atoms with Crippen LogP contribution in [0.2, 0.25) is 0 Å². The summed E-state index contributed by atoms with van der Waals surface area (Å²) in [6.07, 6.45) is 1.81. The lowest BCUT2D eigenvalue weighted by Crippen LogP contribution is -1.95. The SMILES string of the molecule is C/C=C(/C#N)c1c(Br)cccc1NC. The molecule has 1 N–H and O–H groups in total. The van der Waals surface area contributed by atoms with Gasteiger partial charge in [-0.15, -0.1) is 0 Å². The van der Waals surface area contributed by atoms with Crippen LogP contribution in [0.5, 0.6) is 0 Å². The summed E-state index contributed by atoms with van der Waals surface area (Å²) in [5.74, 6) is 0. The van der Waals surface area contributed by atoms with Gasteiger partial charge in [0, 0.05) is 22.8 Å². The molecule has 0 atom stereocenters. The van der Waals surface area contributed by atoms with Crippen LogP contribution in [0.25, 0.3) is 5.57 Å². The van der Waals surface area contributed by atoms with Gasteiger partial charge in [0.2, 0.25) is 0 Å². The van der Waals surface area contributed by atoms with Crippen molar-refractivity contribution in [3.05, 3.63) is 34.3 Å². The van der Waals surface area contributed by atoms with Gasteiger partial charge in [-0.3, -0.25) is 0 Å². The molecule has 0 saturated carbocycles. The normalized spacial score (nSPS) is 10.9. The number of halogens is 1. The van der Waals surface area contributed by atoms with Crippen molar-refractivity contribution in [2.45, 2.75) is 6.92 Å². The Kier molecular flexibility index (Phi) is 3.73. The highest BCUT2D eigenvalue weighted by Crippen LogP contribution is 2.30. The average molecular weight is 251 g/mol. The summed E-state index contributed by atoms with van der Waals surface area (Å²) >= 11 is 3.44. The Labute approximate surface area is 92.4 Å². The Hall–Kier alpha value is -1.27. The molecule has 3 heteroatoms. The van der Waals surface area contributed by atoms with Gasteiger partial charge in [-0.05, 0) is 19.1 Å². The van der Waals surface area contributed by atoms with E-state index in [0.717, 1.165) is 15.7 Å². The Balaban J connectivity index is 3.39. The van der Waals surface area contributed by atoms with E-state index >= 15 is 0 Å². The first-order valence-electron chi connectivity index (χ1n) is 4.27. The van der Waals surface area contributed by atoms with E-state index < -0.39 is 0 Å². The van der Waals surface area contributed by atoms with Crippen LogP contribution >= 0.6 is 15.9 Å². The summed E-state index contributed by atoms with van der Waals surface area (Å²) in [5, 5.41) is 12.0. The zero-order chi connectivity index (χ0) is 10.6. The third kappa shape index (κ3) is 1.97. The maximum absolute atomic E-state index is 8.96. The molecular weight excluding hydrogens is 240 g/mol. The van der Waals surface area contributed by atoms with Crippen molar-refractivity contribution in [3.63, 3.8) is 0 Å². The number of rotatable bonds is 2. The number of benzene rings is 1. The molecule has 0 aliphatic heterocycles. The largest absolute Gasteiger partial charge is 0.388 e. The first-order valence-corrected chi connectivity index (χ1v) is 5.07. The summed E-state index contributed by atoms with van der Waals surface area (Å²) in [6.45, 7) is 1.86. The maximum Gasteiger partial charge on any atom is 0.0995 e. The van der Waals surface area contributed by atoms with Crippen molar-refractivity contribution in [3.8, 4) is 6.07 Å². The van der Waals surface area contributed by atoms with Gasteiger partial charge in [-0.25, -0.2) is 0 Å². The first-order chi connectivity index (χ1) is 6.74. The standard InChI is InChI=1S/C11H11BrN2/c1-3-8(7-13)11-9(12)5-4-6-10(11)14-2/h3-6,14H,1-2H3/b8-3-. The third-order valence-corrected chi connectivity index (χ3v) is 2.62. The molecule has 0 bridgehead atoms. The molecule has 72 valence electrons. The van der Waals surface area contributed by atoms with Gasteiger partial charge in [0.1, 0.15) is 0 Å². The van der Waals surface area contributed by atoms with Gasteiger partial charge >= 0.3 is 0 Å². The van der Waals surface area contributed by atoms with Crippen LogP contribution in [0.1, 0.15) is 12.5 Å². The van der Waals surface area contributed by atoms with Crippen molar-refractivity contribution in [1.82, 2.24) is 0 Å². The average Bonchev–Trinajstić information content (AvgIpc) is 2.22. The number of hydrogen-bond donors (Lipinski definition) is 1. The van der Waals surface area contributed by atoms with Crippen LogP contribution in [-0.4, -0.2) is 7.05 Å². The van der Waals surface area contributed by atoms with Gasteiger partial charge in [-0.2, -0.15) is 5.26 Å². The zero-order valence-electron chi connectivity index (χ0n) is 8.13. The lowest BCUT2D eigenvalue weighted by atomic mass is 10.0. The number of anilines is 1. The summed E-state index contributed by atoms with van der Waals surface area (Å²) in [6, 6.07) is 7.98. The van der Waals surface area contributed by atoms with E-state index in [1.165, 1.54) is 0 Å². The summed E-state index contributed by atoms with van der Waals surface area (Å²) in [5.41, 5.74) is 2.54. The highest BCUT2D eigenvalue weighted by atomic mass is 79.9. The Morgan fingerprint density at radius 3 is 2.79 bits per heavy atom. The minimum absolute atomic E-state index is 0.668. The van der Waals surface area contributed by atoms with Gasteiger partial charge in [0.25, 0.3) is 0 Å². The van der Waals surface area contributed by atoms with Crippen LogP contribution in [-0.2, 0) is 0 Å². The quantitative estimate of drug-likeness (QED) is 0.817. The number of hydrogen-bond acceptors (Lipinski definition) is 2. The summed E-state index contributed by atoms with van der Waals surface area (Å²) in [7, 11) is 1.84. The molecular formula is C11H11BrN2. The zero-order valence-corrected chi connectivity index (χ0v) is 9.72. The molecule has 0 aliphatic carbocycles. The molecule has 0 amide bonds. The van der Waals surface area contributed by atoms with Gasteiger partial charge in [-0.1, -0.05) is 28.1 Å². The molecule has 0 aliphatic rings. The van der Waals surface area contributed by atoms with Crippen LogP contribution in [0.4, 0.5) is 5.69 Å². The first kappa shape index (κ1) is 10.8. The Morgan fingerprint density at radius 1 is 1.57 bits per heavy atom. The van der Waals surface area contributed by atoms with E-state index in [-0.39, 0.29) is 0 Å². The molecule has 0 radical (unpaired) electrons. The fourth-order valence-corrected chi connectivity index (χ4v) is 1.85. The second kappa shape index (κ2) is 4.83. The Morgan fingerprint density at radius 2 is 2.29 bits per heavy atom. The second-order valence-corrected chi connectivity index (χ2v) is 3.58. The highest BCUT2D eigenvalue weighted by Gasteiger charge is 2.09. The predicted molar refractivity (Wildman–Crippen MR) is 63.0 cm³/mol. The highest BCUT2D eigenvalue weighted by molar-refractivity contribution is 9.10. The van der Waals surface area contributed by atoms with E-state index in [1.807, 2.05) is 32.2 Å². The lowest BCUT2D eigenvalue weighted by Gasteiger charge is -2.09. The Bertz CT molecular complexity index is 402. The molecule has 0 heterocycles. The van der Waals surface area contributed by atoms with Gasteiger partial charge < -0.3 is 5.32 Å². The third-order valence-electron chi connectivity index (χ3n) is 1.96. The van der Waals surface area contributed by atoms with E-state index in [2.05, 4.69) is 27.3 Å². The van der Waals surface area contributed by atoms with Crippen molar-refractivity contribution in [2.75, 3.05) is 12.4 Å². The number of nitrogens with one attached hydrogen (secondary N) is 1. The maximum atomic E-state index is 8.96. The van der Waals surface area contributed by atoms with E-state index in [4.69, 9.17) is 5.26 Å². The molecule has 0 unspecified atom stereocenters. The predicted octanol–water partition coefficient (Wildman–Crippen LogP) is 3.42. The molecule has 0 spiro atoms. The minimum Gasteiger partial charge on any atom is -0.388 e. The van der Waals surface area contributed by atoms with Crippen molar-refractivity contribution in [2.24, 2.45) is 0 Å². The summed E-state index contributed by atoms with van der Waals surface area (Å²) < 4.78 is 0.930. The summed E-state index contributed by atoms with van der Waals surface area (Å²) in [4.78, 5) is 0. The fraction of sp³-hybridized carbons (Fsp3) is 0.182. The van der Waals surface area contributed by atoms with E-state index in [9.17, 15) is 0 Å². The van der Waals surface area contributed by atoms with Crippen molar-refractivity contribution in [1.29, 1.82) is 5.26 Å². The fourth-order valence-electron chi connectivity index (χ4n) is 1.27.